The van der Waals surface area contributed by atoms with Crippen molar-refractivity contribution in [3.63, 3.8) is 0 Å². The predicted octanol–water partition coefficient (Wildman–Crippen LogP) is -0.00140. The molecule has 0 atom stereocenters. The lowest BCUT2D eigenvalue weighted by molar-refractivity contribution is -0.143. The summed E-state index contributed by atoms with van der Waals surface area (Å²) in [4.78, 5) is 38.6. The molecule has 0 saturated carbocycles. The summed E-state index contributed by atoms with van der Waals surface area (Å²) in [7, 11) is 0. The predicted molar refractivity (Wildman–Crippen MR) is 68.8 cm³/mol. The number of nitrogens with two attached hydrogens (primary N) is 1. The van der Waals surface area contributed by atoms with E-state index in [9.17, 15) is 19.2 Å². The van der Waals surface area contributed by atoms with Gasteiger partial charge in [-0.15, -0.1) is 0 Å². The van der Waals surface area contributed by atoms with Crippen molar-refractivity contribution < 1.29 is 39.6 Å². The normalized spacial score (nSPS) is 7.70. The highest BCUT2D eigenvalue weighted by molar-refractivity contribution is 5.75. The first-order chi connectivity index (χ1) is 8.67. The Morgan fingerprint density at radius 3 is 0.850 bits per heavy atom. The molecule has 0 saturated heterocycles. The lowest BCUT2D eigenvalue weighted by atomic mass is 10.3. The second-order valence-electron chi connectivity index (χ2n) is 2.98. The standard InChI is InChI=1S/2C4H6O4.C2H7N.H3N/c2*5-3(6)1-2-4(7)8;1-2-3;/h2*1-2H2,(H,5,6)(H,7,8);2-3H2,1H3;1H3. The van der Waals surface area contributed by atoms with Crippen LogP contribution in [0.1, 0.15) is 32.6 Å². The van der Waals surface area contributed by atoms with Gasteiger partial charge in [-0.25, -0.2) is 0 Å². The number of carbonyl (C=O) groups is 4. The summed E-state index contributed by atoms with van der Waals surface area (Å²) in [6, 6.07) is 0. The minimum atomic E-state index is -1.08. The molecule has 10 nitrogen and oxygen atoms in total. The molecule has 0 fully saturated rings. The Bertz CT molecular complexity index is 237. The van der Waals surface area contributed by atoms with Crippen molar-refractivity contribution in [2.45, 2.75) is 32.6 Å². The monoisotopic (exact) mass is 298 g/mol. The highest BCUT2D eigenvalue weighted by Gasteiger charge is 2.00. The van der Waals surface area contributed by atoms with E-state index in [-0.39, 0.29) is 31.8 Å². The Balaban J connectivity index is -0.000000103. The lowest BCUT2D eigenvalue weighted by Gasteiger charge is -1.85. The van der Waals surface area contributed by atoms with Crippen molar-refractivity contribution in [1.82, 2.24) is 6.15 Å². The Hall–Kier alpha value is -2.20. The van der Waals surface area contributed by atoms with E-state index in [0.29, 0.717) is 0 Å². The molecule has 0 heterocycles. The van der Waals surface area contributed by atoms with Gasteiger partial charge in [0.2, 0.25) is 0 Å². The first kappa shape index (κ1) is 26.4. The molecule has 0 bridgehead atoms. The molecule has 0 aromatic rings. The summed E-state index contributed by atoms with van der Waals surface area (Å²) < 4.78 is 0. The van der Waals surface area contributed by atoms with Crippen molar-refractivity contribution in [3.8, 4) is 0 Å². The number of carboxylic acids is 4. The molecule has 0 aromatic heterocycles. The average Bonchev–Trinajstić information content (AvgIpc) is 2.25. The molecule has 10 heteroatoms. The molecule has 0 rings (SSSR count). The largest absolute Gasteiger partial charge is 0.481 e. The van der Waals surface area contributed by atoms with E-state index in [0.717, 1.165) is 6.54 Å². The van der Waals surface area contributed by atoms with Crippen molar-refractivity contribution in [2.24, 2.45) is 5.73 Å². The smallest absolute Gasteiger partial charge is 0.303 e. The van der Waals surface area contributed by atoms with Gasteiger partial charge in [0.15, 0.2) is 0 Å². The van der Waals surface area contributed by atoms with Gasteiger partial charge in [-0.2, -0.15) is 0 Å². The van der Waals surface area contributed by atoms with E-state index in [4.69, 9.17) is 26.2 Å². The molecule has 0 radical (unpaired) electrons. The van der Waals surface area contributed by atoms with E-state index in [1.54, 1.807) is 0 Å². The second-order valence-corrected chi connectivity index (χ2v) is 2.98. The van der Waals surface area contributed by atoms with Crippen LogP contribution in [0.15, 0.2) is 0 Å². The summed E-state index contributed by atoms with van der Waals surface area (Å²) in [5, 5.41) is 31.6. The molecule has 0 spiro atoms. The van der Waals surface area contributed by atoms with Gasteiger partial charge in [-0.3, -0.25) is 19.2 Å². The third-order valence-electron chi connectivity index (χ3n) is 1.11. The van der Waals surface area contributed by atoms with E-state index in [2.05, 4.69) is 0 Å². The Kier molecular flexibility index (Phi) is 25.3. The minimum Gasteiger partial charge on any atom is -0.481 e. The molecular formula is C10H22N2O8. The molecule has 0 unspecified atom stereocenters. The van der Waals surface area contributed by atoms with E-state index < -0.39 is 23.9 Å². The zero-order valence-electron chi connectivity index (χ0n) is 11.2. The third kappa shape index (κ3) is 56.9. The fourth-order valence-corrected chi connectivity index (χ4v) is 0.428. The lowest BCUT2D eigenvalue weighted by Crippen LogP contribution is -2.00. The highest BCUT2D eigenvalue weighted by atomic mass is 16.4. The first-order valence-electron chi connectivity index (χ1n) is 5.24. The van der Waals surface area contributed by atoms with Crippen LogP contribution in [0.3, 0.4) is 0 Å². The molecule has 120 valence electrons. The number of hydrogen-bond acceptors (Lipinski definition) is 6. The van der Waals surface area contributed by atoms with Crippen LogP contribution in [0.4, 0.5) is 0 Å². The first-order valence-corrected chi connectivity index (χ1v) is 5.24. The van der Waals surface area contributed by atoms with Crippen molar-refractivity contribution in [1.29, 1.82) is 0 Å². The summed E-state index contributed by atoms with van der Waals surface area (Å²) in [5.41, 5.74) is 4.85. The number of aliphatic carboxylic acids is 4. The topological polar surface area (TPSA) is 210 Å². The van der Waals surface area contributed by atoms with E-state index >= 15 is 0 Å². The fourth-order valence-electron chi connectivity index (χ4n) is 0.428. The maximum absolute atomic E-state index is 9.64. The van der Waals surface area contributed by atoms with Crippen LogP contribution < -0.4 is 11.9 Å². The van der Waals surface area contributed by atoms with Gasteiger partial charge >= 0.3 is 23.9 Å². The molecule has 0 aromatic carbocycles. The number of hydrogen-bond donors (Lipinski definition) is 6. The van der Waals surface area contributed by atoms with Crippen LogP contribution in [-0.2, 0) is 19.2 Å². The highest BCUT2D eigenvalue weighted by Crippen LogP contribution is 1.86. The maximum atomic E-state index is 9.64. The third-order valence-corrected chi connectivity index (χ3v) is 1.11. The minimum absolute atomic E-state index is 0. The van der Waals surface area contributed by atoms with Crippen LogP contribution in [0.5, 0.6) is 0 Å². The van der Waals surface area contributed by atoms with Crippen LogP contribution >= 0.6 is 0 Å². The maximum Gasteiger partial charge on any atom is 0.303 e. The Morgan fingerprint density at radius 2 is 0.800 bits per heavy atom. The van der Waals surface area contributed by atoms with Gasteiger partial charge in [0.05, 0.1) is 25.7 Å². The van der Waals surface area contributed by atoms with Crippen molar-refractivity contribution >= 4 is 23.9 Å². The molecule has 9 N–H and O–H groups in total. The average molecular weight is 298 g/mol. The Labute approximate surface area is 115 Å². The summed E-state index contributed by atoms with van der Waals surface area (Å²) in [6.45, 7) is 2.65. The van der Waals surface area contributed by atoms with Gasteiger partial charge in [0.25, 0.3) is 0 Å². The molecule has 0 aliphatic carbocycles. The molecule has 0 aliphatic rings. The van der Waals surface area contributed by atoms with Crippen LogP contribution in [0, 0.1) is 0 Å². The summed E-state index contributed by atoms with van der Waals surface area (Å²) >= 11 is 0. The molecule has 20 heavy (non-hydrogen) atoms. The zero-order chi connectivity index (χ0) is 15.8. The SMILES string of the molecule is CCN.N.O=C(O)CCC(=O)O.O=C(O)CCC(=O)O. The Morgan fingerprint density at radius 1 is 0.700 bits per heavy atom. The van der Waals surface area contributed by atoms with Gasteiger partial charge in [-0.1, -0.05) is 6.92 Å². The number of carboxylic acid groups (broad SMARTS) is 4. The molecule has 0 amide bonds. The van der Waals surface area contributed by atoms with Crippen molar-refractivity contribution in [2.75, 3.05) is 6.54 Å². The van der Waals surface area contributed by atoms with Crippen LogP contribution in [0.25, 0.3) is 0 Å². The fraction of sp³-hybridized carbons (Fsp3) is 0.600. The summed E-state index contributed by atoms with van der Waals surface area (Å²) in [5.74, 6) is -4.31. The number of rotatable bonds is 6. The van der Waals surface area contributed by atoms with Gasteiger partial charge in [-0.05, 0) is 6.54 Å². The quantitative estimate of drug-likeness (QED) is 0.386. The van der Waals surface area contributed by atoms with Crippen LogP contribution in [0.2, 0.25) is 0 Å². The molecule has 0 aliphatic heterocycles. The van der Waals surface area contributed by atoms with Gasteiger partial charge in [0.1, 0.15) is 0 Å². The molecular weight excluding hydrogens is 276 g/mol. The second kappa shape index (κ2) is 19.1. The van der Waals surface area contributed by atoms with Gasteiger partial charge < -0.3 is 32.3 Å². The summed E-state index contributed by atoms with van der Waals surface area (Å²) in [6.07, 6.45) is -1.19. The van der Waals surface area contributed by atoms with E-state index in [1.165, 1.54) is 0 Å². The van der Waals surface area contributed by atoms with Gasteiger partial charge in [0, 0.05) is 0 Å². The van der Waals surface area contributed by atoms with Crippen LogP contribution in [-0.4, -0.2) is 50.8 Å². The van der Waals surface area contributed by atoms with Crippen molar-refractivity contribution in [3.05, 3.63) is 0 Å². The zero-order valence-corrected chi connectivity index (χ0v) is 11.2. The van der Waals surface area contributed by atoms with E-state index in [1.807, 2.05) is 6.92 Å².